The summed E-state index contributed by atoms with van der Waals surface area (Å²) >= 11 is 0. The van der Waals surface area contributed by atoms with Gasteiger partial charge in [0.25, 0.3) is 5.84 Å². The van der Waals surface area contributed by atoms with E-state index >= 15 is 0 Å². The molecule has 0 unspecified atom stereocenters. The maximum atomic E-state index is 5.28. The van der Waals surface area contributed by atoms with Crippen LogP contribution in [0.4, 0.5) is 0 Å². The molecule has 9 heavy (non-hydrogen) atoms. The van der Waals surface area contributed by atoms with Gasteiger partial charge in [0.05, 0.1) is 6.21 Å². The number of nitrogens with two attached hydrogens (primary N) is 1. The van der Waals surface area contributed by atoms with Gasteiger partial charge in [-0.3, -0.25) is 0 Å². The normalized spacial score (nSPS) is 21.1. The van der Waals surface area contributed by atoms with Gasteiger partial charge >= 0.3 is 0 Å². The van der Waals surface area contributed by atoms with Crippen LogP contribution in [0, 0.1) is 0 Å². The summed E-state index contributed by atoms with van der Waals surface area (Å²) in [5.41, 5.74) is 5.28. The summed E-state index contributed by atoms with van der Waals surface area (Å²) in [5, 5.41) is 0. The molecule has 1 heterocycles. The molecule has 0 spiro atoms. The Morgan fingerprint density at radius 2 is 2.67 bits per heavy atom. The fourth-order valence-electron chi connectivity index (χ4n) is 0.694. The number of hydrogen-bond donors (Lipinski definition) is 1. The summed E-state index contributed by atoms with van der Waals surface area (Å²) in [6, 6.07) is 0. The van der Waals surface area contributed by atoms with Crippen LogP contribution in [0.15, 0.2) is 17.4 Å². The summed E-state index contributed by atoms with van der Waals surface area (Å²) in [5.74, 6) is 0.973. The largest absolute Gasteiger partial charge is 0.324 e. The molecule has 1 aliphatic rings. The second-order valence-electron chi connectivity index (χ2n) is 1.80. The van der Waals surface area contributed by atoms with E-state index in [-0.39, 0.29) is 0 Å². The van der Waals surface area contributed by atoms with Crippen LogP contribution in [0.25, 0.3) is 0 Å². The van der Waals surface area contributed by atoms with E-state index in [1.165, 1.54) is 0 Å². The summed E-state index contributed by atoms with van der Waals surface area (Å²) in [6.07, 6.45) is 5.51. The monoisotopic (exact) mass is 124 g/mol. The third-order valence-corrected chi connectivity index (χ3v) is 1.16. The highest BCUT2D eigenvalue weighted by atomic mass is 15.1. The Kier molecular flexibility index (Phi) is 1.75. The van der Waals surface area contributed by atoms with Crippen LogP contribution >= 0.6 is 0 Å². The summed E-state index contributed by atoms with van der Waals surface area (Å²) in [4.78, 5) is 4.01. The highest BCUT2D eigenvalue weighted by Crippen LogP contribution is 1.92. The minimum absolute atomic E-state index is 0.553. The molecule has 0 radical (unpaired) electrons. The molecule has 3 heteroatoms. The standard InChI is InChI=1S/C6H10N3/c1-6-8-3-5-9(6)4-2-7/h3-5H,2,7H2,1H3/q+1. The van der Waals surface area contributed by atoms with Gasteiger partial charge in [0.2, 0.25) is 0 Å². The van der Waals surface area contributed by atoms with E-state index in [1.54, 1.807) is 6.20 Å². The molecule has 0 bridgehead atoms. The van der Waals surface area contributed by atoms with Gasteiger partial charge < -0.3 is 5.73 Å². The van der Waals surface area contributed by atoms with E-state index in [2.05, 4.69) is 4.99 Å². The molecule has 0 aliphatic carbocycles. The Balaban J connectivity index is 2.74. The SMILES string of the molecule is CC1=NC=C[N+]1=CCN. The number of rotatable bonds is 1. The van der Waals surface area contributed by atoms with Crippen LogP contribution in [0.1, 0.15) is 6.92 Å². The van der Waals surface area contributed by atoms with Crippen LogP contribution in [0.5, 0.6) is 0 Å². The summed E-state index contributed by atoms with van der Waals surface area (Å²) in [6.45, 7) is 2.49. The van der Waals surface area contributed by atoms with Crippen molar-refractivity contribution in [2.75, 3.05) is 6.54 Å². The van der Waals surface area contributed by atoms with Crippen molar-refractivity contribution in [1.29, 1.82) is 0 Å². The average Bonchev–Trinajstić information content (AvgIpc) is 2.18. The van der Waals surface area contributed by atoms with E-state index in [0.717, 1.165) is 5.84 Å². The topological polar surface area (TPSA) is 41.4 Å². The molecule has 0 saturated carbocycles. The van der Waals surface area contributed by atoms with Gasteiger partial charge in [0.1, 0.15) is 6.20 Å². The molecule has 3 nitrogen and oxygen atoms in total. The second-order valence-corrected chi connectivity index (χ2v) is 1.80. The van der Waals surface area contributed by atoms with Crippen LogP contribution in [0.2, 0.25) is 0 Å². The third-order valence-electron chi connectivity index (χ3n) is 1.16. The zero-order valence-corrected chi connectivity index (χ0v) is 5.41. The second kappa shape index (κ2) is 2.55. The lowest BCUT2D eigenvalue weighted by Gasteiger charge is -1.87. The molecule has 1 rings (SSSR count). The Morgan fingerprint density at radius 1 is 1.89 bits per heavy atom. The van der Waals surface area contributed by atoms with E-state index in [9.17, 15) is 0 Å². The number of amidine groups is 1. The molecule has 0 amide bonds. The molecule has 0 aromatic rings. The molecular weight excluding hydrogens is 114 g/mol. The predicted octanol–water partition coefficient (Wildman–Crippen LogP) is -0.0684. The molecule has 0 aromatic carbocycles. The fourth-order valence-corrected chi connectivity index (χ4v) is 0.694. The average molecular weight is 124 g/mol. The van der Waals surface area contributed by atoms with E-state index in [4.69, 9.17) is 5.73 Å². The van der Waals surface area contributed by atoms with Gasteiger partial charge in [0.15, 0.2) is 6.20 Å². The minimum atomic E-state index is 0.553. The van der Waals surface area contributed by atoms with Gasteiger partial charge in [-0.15, -0.1) is 0 Å². The minimum Gasteiger partial charge on any atom is -0.324 e. The van der Waals surface area contributed by atoms with E-state index in [0.29, 0.717) is 6.54 Å². The molecule has 0 fully saturated rings. The Labute approximate surface area is 54.2 Å². The van der Waals surface area contributed by atoms with Crippen molar-refractivity contribution in [3.8, 4) is 0 Å². The van der Waals surface area contributed by atoms with Gasteiger partial charge in [-0.25, -0.2) is 4.58 Å². The van der Waals surface area contributed by atoms with Crippen LogP contribution in [-0.2, 0) is 0 Å². The molecule has 1 aliphatic heterocycles. The van der Waals surface area contributed by atoms with Crippen molar-refractivity contribution in [3.05, 3.63) is 12.4 Å². The Morgan fingerprint density at radius 3 is 3.11 bits per heavy atom. The predicted molar refractivity (Wildman–Crippen MR) is 37.6 cm³/mol. The van der Waals surface area contributed by atoms with Gasteiger partial charge in [-0.05, 0) is 0 Å². The van der Waals surface area contributed by atoms with Gasteiger partial charge in [-0.2, -0.15) is 0 Å². The smallest absolute Gasteiger partial charge is 0.299 e. The number of nitrogens with zero attached hydrogens (tertiary/aromatic N) is 2. The number of hydrogen-bond acceptors (Lipinski definition) is 2. The molecule has 0 atom stereocenters. The fraction of sp³-hybridized carbons (Fsp3) is 0.333. The summed E-state index contributed by atoms with van der Waals surface area (Å²) in [7, 11) is 0. The van der Waals surface area contributed by atoms with Crippen molar-refractivity contribution >= 4 is 12.1 Å². The molecule has 0 aromatic heterocycles. The molecule has 0 saturated heterocycles. The first-order valence-corrected chi connectivity index (χ1v) is 2.87. The molecule has 48 valence electrons. The highest BCUT2D eigenvalue weighted by Gasteiger charge is 2.08. The lowest BCUT2D eigenvalue weighted by Crippen LogP contribution is -2.14. The molecule has 2 N–H and O–H groups in total. The van der Waals surface area contributed by atoms with Crippen LogP contribution in [0.3, 0.4) is 0 Å². The van der Waals surface area contributed by atoms with Crippen molar-refractivity contribution in [3.63, 3.8) is 0 Å². The van der Waals surface area contributed by atoms with Gasteiger partial charge in [-0.1, -0.05) is 4.99 Å². The van der Waals surface area contributed by atoms with E-state index < -0.39 is 0 Å². The van der Waals surface area contributed by atoms with Gasteiger partial charge in [0, 0.05) is 13.5 Å². The van der Waals surface area contributed by atoms with E-state index in [1.807, 2.05) is 23.9 Å². The number of aliphatic imine (C=N–C) groups is 1. The van der Waals surface area contributed by atoms with Crippen molar-refractivity contribution < 1.29 is 4.58 Å². The quantitative estimate of drug-likeness (QED) is 0.488. The Hall–Kier alpha value is -0.960. The first-order chi connectivity index (χ1) is 4.34. The maximum absolute atomic E-state index is 5.28. The zero-order valence-electron chi connectivity index (χ0n) is 5.41. The zero-order chi connectivity index (χ0) is 6.69. The third kappa shape index (κ3) is 1.23. The lowest BCUT2D eigenvalue weighted by atomic mass is 10.6. The first kappa shape index (κ1) is 6.16. The summed E-state index contributed by atoms with van der Waals surface area (Å²) < 4.78 is 1.90. The van der Waals surface area contributed by atoms with Crippen LogP contribution in [-0.4, -0.2) is 23.2 Å². The highest BCUT2D eigenvalue weighted by molar-refractivity contribution is 5.78. The molecular formula is C6H10N3+. The Bertz CT molecular complexity index is 188. The maximum Gasteiger partial charge on any atom is 0.299 e. The van der Waals surface area contributed by atoms with Crippen molar-refractivity contribution in [1.82, 2.24) is 0 Å². The van der Waals surface area contributed by atoms with Crippen molar-refractivity contribution in [2.45, 2.75) is 6.92 Å². The van der Waals surface area contributed by atoms with Crippen molar-refractivity contribution in [2.24, 2.45) is 10.7 Å². The van der Waals surface area contributed by atoms with Crippen LogP contribution < -0.4 is 5.73 Å². The first-order valence-electron chi connectivity index (χ1n) is 2.87. The lowest BCUT2D eigenvalue weighted by molar-refractivity contribution is -0.315.